The van der Waals surface area contributed by atoms with Gasteiger partial charge in [0.1, 0.15) is 0 Å². The van der Waals surface area contributed by atoms with Crippen molar-refractivity contribution in [1.82, 2.24) is 10.2 Å². The second-order valence-electron chi connectivity index (χ2n) is 5.86. The highest BCUT2D eigenvalue weighted by atomic mass is 15.2. The van der Waals surface area contributed by atoms with Crippen molar-refractivity contribution < 1.29 is 0 Å². The molecule has 2 unspecified atom stereocenters. The van der Waals surface area contributed by atoms with E-state index in [2.05, 4.69) is 24.1 Å². The van der Waals surface area contributed by atoms with E-state index >= 15 is 0 Å². The summed E-state index contributed by atoms with van der Waals surface area (Å²) in [5.41, 5.74) is 5.79. The average molecular weight is 225 g/mol. The summed E-state index contributed by atoms with van der Waals surface area (Å²) < 4.78 is 0. The Kier molecular flexibility index (Phi) is 4.22. The Bertz CT molecular complexity index is 213. The van der Waals surface area contributed by atoms with E-state index < -0.39 is 0 Å². The average Bonchev–Trinajstić information content (AvgIpc) is 3.00. The Hall–Kier alpha value is -0.120. The molecule has 2 aliphatic rings. The number of nitrogens with one attached hydrogen (secondary N) is 1. The van der Waals surface area contributed by atoms with Crippen molar-refractivity contribution >= 4 is 0 Å². The number of likely N-dealkylation sites (tertiary alicyclic amines) is 1. The van der Waals surface area contributed by atoms with Crippen molar-refractivity contribution in [3.05, 3.63) is 0 Å². The van der Waals surface area contributed by atoms with Crippen molar-refractivity contribution in [3.63, 3.8) is 0 Å². The smallest absolute Gasteiger partial charge is 0.0207 e. The fourth-order valence-electron chi connectivity index (χ4n) is 2.63. The summed E-state index contributed by atoms with van der Waals surface area (Å²) in [5.74, 6) is 1.33. The third-order valence-electron chi connectivity index (χ3n) is 4.20. The third-order valence-corrected chi connectivity index (χ3v) is 4.20. The van der Waals surface area contributed by atoms with Crippen molar-refractivity contribution in [2.45, 2.75) is 45.2 Å². The first kappa shape index (κ1) is 12.3. The summed E-state index contributed by atoms with van der Waals surface area (Å²) in [5, 5.41) is 3.70. The molecule has 1 saturated carbocycles. The molecule has 1 heterocycles. The maximum Gasteiger partial charge on any atom is 0.0207 e. The fraction of sp³-hybridized carbons (Fsp3) is 1.00. The second kappa shape index (κ2) is 5.48. The highest BCUT2D eigenvalue weighted by molar-refractivity contribution is 4.92. The summed E-state index contributed by atoms with van der Waals surface area (Å²) in [7, 11) is 0. The highest BCUT2D eigenvalue weighted by Gasteiger charge is 2.34. The predicted octanol–water partition coefficient (Wildman–Crippen LogP) is 1.04. The lowest BCUT2D eigenvalue weighted by Crippen LogP contribution is -2.39. The molecule has 94 valence electrons. The SMILES string of the molecule is CC(C)C(CN)CNC1CCN(C2CC2)C1. The Morgan fingerprint density at radius 1 is 1.31 bits per heavy atom. The quantitative estimate of drug-likeness (QED) is 0.710. The van der Waals surface area contributed by atoms with E-state index in [9.17, 15) is 0 Å². The predicted molar refractivity (Wildman–Crippen MR) is 68.4 cm³/mol. The van der Waals surface area contributed by atoms with Crippen LogP contribution < -0.4 is 11.1 Å². The van der Waals surface area contributed by atoms with Crippen molar-refractivity contribution in [2.75, 3.05) is 26.2 Å². The molecule has 0 spiro atoms. The second-order valence-corrected chi connectivity index (χ2v) is 5.86. The van der Waals surface area contributed by atoms with Gasteiger partial charge >= 0.3 is 0 Å². The van der Waals surface area contributed by atoms with E-state index in [1.165, 1.54) is 32.4 Å². The topological polar surface area (TPSA) is 41.3 Å². The fourth-order valence-corrected chi connectivity index (χ4v) is 2.63. The molecule has 2 fully saturated rings. The molecule has 3 N–H and O–H groups in total. The van der Waals surface area contributed by atoms with Crippen LogP contribution in [0.3, 0.4) is 0 Å². The largest absolute Gasteiger partial charge is 0.330 e. The number of nitrogens with two attached hydrogens (primary N) is 1. The van der Waals surface area contributed by atoms with Gasteiger partial charge in [0.05, 0.1) is 0 Å². The van der Waals surface area contributed by atoms with Crippen LogP contribution in [-0.4, -0.2) is 43.2 Å². The van der Waals surface area contributed by atoms with E-state index in [1.807, 2.05) is 0 Å². The van der Waals surface area contributed by atoms with Gasteiger partial charge in [-0.05, 0) is 44.2 Å². The van der Waals surface area contributed by atoms with E-state index in [4.69, 9.17) is 5.73 Å². The standard InChI is InChI=1S/C13H27N3/c1-10(2)11(7-14)8-15-12-5-6-16(9-12)13-3-4-13/h10-13,15H,3-9,14H2,1-2H3. The van der Waals surface area contributed by atoms with Gasteiger partial charge in [-0.15, -0.1) is 0 Å². The summed E-state index contributed by atoms with van der Waals surface area (Å²) in [6.45, 7) is 9.01. The molecule has 16 heavy (non-hydrogen) atoms. The lowest BCUT2D eigenvalue weighted by Gasteiger charge is -2.22. The van der Waals surface area contributed by atoms with Gasteiger partial charge in [0.15, 0.2) is 0 Å². The van der Waals surface area contributed by atoms with Gasteiger partial charge in [-0.1, -0.05) is 13.8 Å². The lowest BCUT2D eigenvalue weighted by atomic mass is 9.96. The third kappa shape index (κ3) is 3.19. The Morgan fingerprint density at radius 2 is 2.06 bits per heavy atom. The first-order valence-electron chi connectivity index (χ1n) is 6.88. The van der Waals surface area contributed by atoms with Crippen LogP contribution in [0.5, 0.6) is 0 Å². The molecule has 1 saturated heterocycles. The van der Waals surface area contributed by atoms with E-state index in [1.54, 1.807) is 0 Å². The van der Waals surface area contributed by atoms with Crippen LogP contribution in [0.2, 0.25) is 0 Å². The molecule has 2 atom stereocenters. The van der Waals surface area contributed by atoms with Crippen LogP contribution in [0.25, 0.3) is 0 Å². The Balaban J connectivity index is 1.66. The van der Waals surface area contributed by atoms with Gasteiger partial charge in [0.2, 0.25) is 0 Å². The molecule has 0 aromatic heterocycles. The van der Waals surface area contributed by atoms with Crippen LogP contribution in [0, 0.1) is 11.8 Å². The molecular formula is C13H27N3. The van der Waals surface area contributed by atoms with Crippen LogP contribution in [0.1, 0.15) is 33.1 Å². The molecule has 0 radical (unpaired) electrons. The highest BCUT2D eigenvalue weighted by Crippen LogP contribution is 2.29. The molecule has 3 nitrogen and oxygen atoms in total. The van der Waals surface area contributed by atoms with Gasteiger partial charge in [-0.25, -0.2) is 0 Å². The zero-order valence-corrected chi connectivity index (χ0v) is 10.8. The minimum absolute atomic E-state index is 0.634. The molecule has 2 rings (SSSR count). The Labute approximate surface area is 99.8 Å². The van der Waals surface area contributed by atoms with E-state index in [0.717, 1.165) is 19.1 Å². The molecule has 0 aromatic rings. The van der Waals surface area contributed by atoms with Crippen molar-refractivity contribution in [1.29, 1.82) is 0 Å². The molecular weight excluding hydrogens is 198 g/mol. The lowest BCUT2D eigenvalue weighted by molar-refractivity contribution is 0.306. The van der Waals surface area contributed by atoms with Crippen molar-refractivity contribution in [2.24, 2.45) is 17.6 Å². The molecule has 1 aliphatic carbocycles. The van der Waals surface area contributed by atoms with Crippen LogP contribution in [0.4, 0.5) is 0 Å². The number of nitrogens with zero attached hydrogens (tertiary/aromatic N) is 1. The summed E-state index contributed by atoms with van der Waals surface area (Å²) >= 11 is 0. The summed E-state index contributed by atoms with van der Waals surface area (Å²) in [6, 6.07) is 1.65. The van der Waals surface area contributed by atoms with Gasteiger partial charge in [0.25, 0.3) is 0 Å². The molecule has 0 bridgehead atoms. The van der Waals surface area contributed by atoms with E-state index in [0.29, 0.717) is 17.9 Å². The first-order valence-corrected chi connectivity index (χ1v) is 6.88. The van der Waals surface area contributed by atoms with Crippen LogP contribution >= 0.6 is 0 Å². The van der Waals surface area contributed by atoms with Gasteiger partial charge in [0, 0.05) is 25.2 Å². The van der Waals surface area contributed by atoms with Gasteiger partial charge in [-0.3, -0.25) is 4.90 Å². The van der Waals surface area contributed by atoms with Gasteiger partial charge < -0.3 is 11.1 Å². The summed E-state index contributed by atoms with van der Waals surface area (Å²) in [4.78, 5) is 2.66. The first-order chi connectivity index (χ1) is 7.70. The molecule has 0 amide bonds. The molecule has 1 aliphatic heterocycles. The molecule has 0 aromatic carbocycles. The zero-order valence-electron chi connectivity index (χ0n) is 10.8. The normalized spacial score (nSPS) is 28.9. The Morgan fingerprint density at radius 3 is 2.62 bits per heavy atom. The number of hydrogen-bond donors (Lipinski definition) is 2. The van der Waals surface area contributed by atoms with Gasteiger partial charge in [-0.2, -0.15) is 0 Å². The zero-order chi connectivity index (χ0) is 11.5. The molecule has 3 heteroatoms. The van der Waals surface area contributed by atoms with Crippen LogP contribution in [0.15, 0.2) is 0 Å². The summed E-state index contributed by atoms with van der Waals surface area (Å²) in [6.07, 6.45) is 4.19. The maximum absolute atomic E-state index is 5.79. The van der Waals surface area contributed by atoms with Crippen molar-refractivity contribution in [3.8, 4) is 0 Å². The maximum atomic E-state index is 5.79. The van der Waals surface area contributed by atoms with E-state index in [-0.39, 0.29) is 0 Å². The minimum Gasteiger partial charge on any atom is -0.330 e. The number of hydrogen-bond acceptors (Lipinski definition) is 3. The monoisotopic (exact) mass is 225 g/mol. The number of rotatable bonds is 6. The van der Waals surface area contributed by atoms with Crippen LogP contribution in [-0.2, 0) is 0 Å². The minimum atomic E-state index is 0.634.